The average molecular weight is 269 g/mol. The molecule has 0 aliphatic rings. The summed E-state index contributed by atoms with van der Waals surface area (Å²) in [6.45, 7) is 6.43. The molecular formula is C13H23N3O3. The molecule has 1 heterocycles. The summed E-state index contributed by atoms with van der Waals surface area (Å²) >= 11 is 0. The fourth-order valence-corrected chi connectivity index (χ4v) is 2.09. The van der Waals surface area contributed by atoms with Crippen LogP contribution < -0.4 is 10.9 Å². The van der Waals surface area contributed by atoms with Gasteiger partial charge in [-0.25, -0.2) is 4.98 Å². The number of aliphatic hydroxyl groups excluding tert-OH is 1. The molecule has 0 aliphatic carbocycles. The Kier molecular flexibility index (Phi) is 6.14. The van der Waals surface area contributed by atoms with Crippen LogP contribution in [-0.2, 0) is 4.74 Å². The van der Waals surface area contributed by atoms with E-state index >= 15 is 0 Å². The van der Waals surface area contributed by atoms with Crippen LogP contribution in [0.15, 0.2) is 4.79 Å². The fraction of sp³-hybridized carbons (Fsp3) is 0.692. The average Bonchev–Trinajstić information content (AvgIpc) is 2.27. The van der Waals surface area contributed by atoms with Gasteiger partial charge in [0.2, 0.25) is 0 Å². The number of aliphatic hydroxyl groups is 1. The Labute approximate surface area is 113 Å². The van der Waals surface area contributed by atoms with E-state index in [9.17, 15) is 9.90 Å². The summed E-state index contributed by atoms with van der Waals surface area (Å²) in [4.78, 5) is 18.9. The molecule has 0 aliphatic heterocycles. The molecule has 0 amide bonds. The van der Waals surface area contributed by atoms with Crippen molar-refractivity contribution in [1.29, 1.82) is 0 Å². The van der Waals surface area contributed by atoms with E-state index in [0.717, 1.165) is 5.69 Å². The largest absolute Gasteiger partial charge is 0.391 e. The first-order chi connectivity index (χ1) is 8.95. The molecule has 6 heteroatoms. The highest BCUT2D eigenvalue weighted by atomic mass is 16.5. The van der Waals surface area contributed by atoms with E-state index in [1.165, 1.54) is 0 Å². The van der Waals surface area contributed by atoms with Crippen molar-refractivity contribution in [2.24, 2.45) is 0 Å². The van der Waals surface area contributed by atoms with Gasteiger partial charge in [0.05, 0.1) is 18.3 Å². The van der Waals surface area contributed by atoms with Gasteiger partial charge in [0, 0.05) is 18.8 Å². The van der Waals surface area contributed by atoms with Gasteiger partial charge < -0.3 is 20.1 Å². The van der Waals surface area contributed by atoms with Crippen molar-refractivity contribution >= 4 is 0 Å². The van der Waals surface area contributed by atoms with Crippen molar-refractivity contribution in [3.05, 3.63) is 27.4 Å². The smallest absolute Gasteiger partial charge is 0.255 e. The Morgan fingerprint density at radius 1 is 1.47 bits per heavy atom. The molecule has 0 fully saturated rings. The number of rotatable bonds is 7. The predicted molar refractivity (Wildman–Crippen MR) is 73.2 cm³/mol. The number of nitrogens with one attached hydrogen (secondary N) is 2. The summed E-state index contributed by atoms with van der Waals surface area (Å²) in [6, 6.07) is -0.105. The Bertz CT molecular complexity index is 459. The van der Waals surface area contributed by atoms with Crippen LogP contribution in [0.4, 0.5) is 0 Å². The highest BCUT2D eigenvalue weighted by Crippen LogP contribution is 2.10. The monoisotopic (exact) mass is 269 g/mol. The molecule has 3 N–H and O–H groups in total. The maximum Gasteiger partial charge on any atom is 0.255 e. The summed E-state index contributed by atoms with van der Waals surface area (Å²) in [7, 11) is 1.56. The van der Waals surface area contributed by atoms with Crippen LogP contribution in [-0.4, -0.2) is 41.4 Å². The molecule has 0 aromatic carbocycles. The minimum atomic E-state index is -0.486. The molecule has 1 aromatic heterocycles. The third-order valence-electron chi connectivity index (χ3n) is 2.98. The van der Waals surface area contributed by atoms with Crippen LogP contribution in [0.25, 0.3) is 0 Å². The van der Waals surface area contributed by atoms with Crippen LogP contribution >= 0.6 is 0 Å². The molecular weight excluding hydrogens is 246 g/mol. The molecule has 1 aromatic rings. The zero-order chi connectivity index (χ0) is 14.4. The summed E-state index contributed by atoms with van der Waals surface area (Å²) in [6.07, 6.45) is 0.0919. The highest BCUT2D eigenvalue weighted by Gasteiger charge is 2.14. The van der Waals surface area contributed by atoms with E-state index in [-0.39, 0.29) is 11.6 Å². The van der Waals surface area contributed by atoms with Crippen LogP contribution in [0.3, 0.4) is 0 Å². The topological polar surface area (TPSA) is 87.2 Å². The van der Waals surface area contributed by atoms with Gasteiger partial charge in [-0.3, -0.25) is 4.79 Å². The van der Waals surface area contributed by atoms with E-state index in [1.54, 1.807) is 14.0 Å². The standard InChI is InChI=1S/C13H23N3O3/c1-8(14-6-5-11(17)7-19-4)12-9(2)15-10(3)16-13(12)18/h8,11,14,17H,5-7H2,1-4H3,(H,15,16,18). The SMILES string of the molecule is COCC(O)CCNC(C)c1c(C)nc(C)[nH]c1=O. The Morgan fingerprint density at radius 2 is 2.16 bits per heavy atom. The first-order valence-electron chi connectivity index (χ1n) is 6.43. The lowest BCUT2D eigenvalue weighted by Crippen LogP contribution is -2.30. The van der Waals surface area contributed by atoms with Gasteiger partial charge in [-0.2, -0.15) is 0 Å². The zero-order valence-electron chi connectivity index (χ0n) is 12.0. The Hall–Kier alpha value is -1.24. The van der Waals surface area contributed by atoms with Crippen molar-refractivity contribution in [2.45, 2.75) is 39.3 Å². The summed E-state index contributed by atoms with van der Waals surface area (Å²) in [5, 5.41) is 12.7. The van der Waals surface area contributed by atoms with Gasteiger partial charge in [-0.05, 0) is 33.7 Å². The number of ether oxygens (including phenoxy) is 1. The predicted octanol–water partition coefficient (Wildman–Crippen LogP) is 0.435. The second-order valence-corrected chi connectivity index (χ2v) is 4.72. The molecule has 0 spiro atoms. The first kappa shape index (κ1) is 15.8. The van der Waals surface area contributed by atoms with Crippen LogP contribution in [0.1, 0.15) is 36.5 Å². The van der Waals surface area contributed by atoms with Crippen molar-refractivity contribution in [3.63, 3.8) is 0 Å². The minimum absolute atomic E-state index is 0.105. The number of methoxy groups -OCH3 is 1. The molecule has 0 saturated carbocycles. The van der Waals surface area contributed by atoms with Crippen LogP contribution in [0.2, 0.25) is 0 Å². The highest BCUT2D eigenvalue weighted by molar-refractivity contribution is 5.19. The number of aryl methyl sites for hydroxylation is 2. The van der Waals surface area contributed by atoms with Crippen molar-refractivity contribution in [3.8, 4) is 0 Å². The van der Waals surface area contributed by atoms with E-state index in [4.69, 9.17) is 4.74 Å². The lowest BCUT2D eigenvalue weighted by Gasteiger charge is -2.16. The van der Waals surface area contributed by atoms with Gasteiger partial charge in [0.15, 0.2) is 0 Å². The van der Waals surface area contributed by atoms with E-state index in [2.05, 4.69) is 15.3 Å². The molecule has 2 atom stereocenters. The maximum atomic E-state index is 11.9. The minimum Gasteiger partial charge on any atom is -0.391 e. The third kappa shape index (κ3) is 4.74. The van der Waals surface area contributed by atoms with Crippen molar-refractivity contribution in [2.75, 3.05) is 20.3 Å². The lowest BCUT2D eigenvalue weighted by molar-refractivity contribution is 0.0590. The molecule has 108 valence electrons. The summed E-state index contributed by atoms with van der Waals surface area (Å²) in [5.74, 6) is 0.619. The van der Waals surface area contributed by atoms with Gasteiger partial charge in [0.25, 0.3) is 5.56 Å². The molecule has 0 radical (unpaired) electrons. The number of nitrogens with zero attached hydrogens (tertiary/aromatic N) is 1. The van der Waals surface area contributed by atoms with Crippen LogP contribution in [0.5, 0.6) is 0 Å². The number of H-pyrrole nitrogens is 1. The molecule has 0 saturated heterocycles. The Balaban J connectivity index is 2.59. The number of hydrogen-bond acceptors (Lipinski definition) is 5. The van der Waals surface area contributed by atoms with Crippen LogP contribution in [0, 0.1) is 13.8 Å². The van der Waals surface area contributed by atoms with E-state index in [1.807, 2.05) is 13.8 Å². The molecule has 19 heavy (non-hydrogen) atoms. The second-order valence-electron chi connectivity index (χ2n) is 4.72. The molecule has 0 bridgehead atoms. The Morgan fingerprint density at radius 3 is 2.74 bits per heavy atom. The maximum absolute atomic E-state index is 11.9. The van der Waals surface area contributed by atoms with Crippen molar-refractivity contribution in [1.82, 2.24) is 15.3 Å². The third-order valence-corrected chi connectivity index (χ3v) is 2.98. The quantitative estimate of drug-likeness (QED) is 0.668. The fourth-order valence-electron chi connectivity index (χ4n) is 2.09. The number of aromatic nitrogens is 2. The van der Waals surface area contributed by atoms with Gasteiger partial charge in [-0.15, -0.1) is 0 Å². The molecule has 6 nitrogen and oxygen atoms in total. The summed E-state index contributed by atoms with van der Waals surface area (Å²) < 4.78 is 4.85. The number of aromatic amines is 1. The summed E-state index contributed by atoms with van der Waals surface area (Å²) in [5.41, 5.74) is 1.27. The zero-order valence-corrected chi connectivity index (χ0v) is 12.0. The van der Waals surface area contributed by atoms with Gasteiger partial charge in [-0.1, -0.05) is 0 Å². The van der Waals surface area contributed by atoms with E-state index in [0.29, 0.717) is 31.0 Å². The van der Waals surface area contributed by atoms with Gasteiger partial charge >= 0.3 is 0 Å². The second kappa shape index (κ2) is 7.37. The lowest BCUT2D eigenvalue weighted by atomic mass is 10.1. The first-order valence-corrected chi connectivity index (χ1v) is 6.43. The molecule has 1 rings (SSSR count). The van der Waals surface area contributed by atoms with Gasteiger partial charge in [0.1, 0.15) is 5.82 Å². The number of hydrogen-bond donors (Lipinski definition) is 3. The van der Waals surface area contributed by atoms with Crippen molar-refractivity contribution < 1.29 is 9.84 Å². The molecule has 2 unspecified atom stereocenters. The van der Waals surface area contributed by atoms with E-state index < -0.39 is 6.10 Å². The normalized spacial score (nSPS) is 14.4.